The van der Waals surface area contributed by atoms with E-state index < -0.39 is 0 Å². The van der Waals surface area contributed by atoms with E-state index in [-0.39, 0.29) is 11.9 Å². The molecule has 4 heteroatoms. The number of benzene rings is 1. The summed E-state index contributed by atoms with van der Waals surface area (Å²) in [6.07, 6.45) is 2.02. The van der Waals surface area contributed by atoms with Gasteiger partial charge in [-0.05, 0) is 37.8 Å². The molecule has 0 bridgehead atoms. The molecule has 0 radical (unpaired) electrons. The Morgan fingerprint density at radius 3 is 2.89 bits per heavy atom. The van der Waals surface area contributed by atoms with E-state index in [1.807, 2.05) is 38.3 Å². The molecule has 3 N–H and O–H groups in total. The fourth-order valence-electron chi connectivity index (χ4n) is 1.69. The number of nitrogens with two attached hydrogens (primary N) is 1. The molecule has 0 spiro atoms. The Bertz CT molecular complexity index is 503. The highest BCUT2D eigenvalue weighted by atomic mass is 32.2. The van der Waals surface area contributed by atoms with Crippen molar-refractivity contribution in [2.45, 2.75) is 19.9 Å². The molecule has 1 aromatic rings. The number of nitrogens with one attached hydrogen (secondary N) is 1. The number of amides is 1. The second-order valence-corrected chi connectivity index (χ2v) is 5.28. The van der Waals surface area contributed by atoms with Crippen LogP contribution in [0.15, 0.2) is 18.2 Å². The lowest BCUT2D eigenvalue weighted by molar-refractivity contribution is 0.0943. The van der Waals surface area contributed by atoms with E-state index >= 15 is 0 Å². The normalized spacial score (nSPS) is 11.4. The fraction of sp³-hybridized carbons (Fsp3) is 0.400. The Balaban J connectivity index is 2.89. The molecule has 0 aliphatic heterocycles. The van der Waals surface area contributed by atoms with Crippen LogP contribution >= 0.6 is 11.8 Å². The van der Waals surface area contributed by atoms with Crippen molar-refractivity contribution in [1.29, 1.82) is 0 Å². The molecule has 3 nitrogen and oxygen atoms in total. The van der Waals surface area contributed by atoms with E-state index in [1.165, 1.54) is 0 Å². The SMILES string of the molecule is CSCC(C)NC(=O)c1cc(C#CCN)ccc1C. The number of carbonyl (C=O) groups is 1. The smallest absolute Gasteiger partial charge is 0.251 e. The van der Waals surface area contributed by atoms with E-state index in [2.05, 4.69) is 17.2 Å². The van der Waals surface area contributed by atoms with E-state index in [9.17, 15) is 4.79 Å². The molecule has 1 aromatic carbocycles. The van der Waals surface area contributed by atoms with Gasteiger partial charge in [0, 0.05) is 22.9 Å². The molecular formula is C15H20N2OS. The molecule has 0 saturated carbocycles. The van der Waals surface area contributed by atoms with Gasteiger partial charge in [0.25, 0.3) is 5.91 Å². The summed E-state index contributed by atoms with van der Waals surface area (Å²) in [4.78, 5) is 12.2. The maximum absolute atomic E-state index is 12.2. The van der Waals surface area contributed by atoms with Crippen molar-refractivity contribution in [3.63, 3.8) is 0 Å². The third-order valence-corrected chi connectivity index (χ3v) is 3.44. The van der Waals surface area contributed by atoms with Crippen LogP contribution in [0.2, 0.25) is 0 Å². The minimum Gasteiger partial charge on any atom is -0.349 e. The third-order valence-electron chi connectivity index (χ3n) is 2.61. The first-order valence-corrected chi connectivity index (χ1v) is 7.57. The molecule has 102 valence electrons. The van der Waals surface area contributed by atoms with Crippen molar-refractivity contribution in [3.05, 3.63) is 34.9 Å². The molecule has 1 rings (SSSR count). The monoisotopic (exact) mass is 276 g/mol. The average molecular weight is 276 g/mol. The lowest BCUT2D eigenvalue weighted by Crippen LogP contribution is -2.34. The largest absolute Gasteiger partial charge is 0.349 e. The first-order chi connectivity index (χ1) is 9.08. The third kappa shape index (κ3) is 4.98. The summed E-state index contributed by atoms with van der Waals surface area (Å²) in [5.74, 6) is 6.59. The minimum atomic E-state index is -0.0459. The predicted molar refractivity (Wildman–Crippen MR) is 82.4 cm³/mol. The molecule has 1 amide bonds. The van der Waals surface area contributed by atoms with E-state index in [1.54, 1.807) is 11.8 Å². The summed E-state index contributed by atoms with van der Waals surface area (Å²) in [5.41, 5.74) is 7.80. The quantitative estimate of drug-likeness (QED) is 0.824. The lowest BCUT2D eigenvalue weighted by Gasteiger charge is -2.13. The number of rotatable bonds is 4. The number of aryl methyl sites for hydroxylation is 1. The van der Waals surface area contributed by atoms with Gasteiger partial charge in [0.1, 0.15) is 0 Å². The van der Waals surface area contributed by atoms with Crippen molar-refractivity contribution in [1.82, 2.24) is 5.32 Å². The highest BCUT2D eigenvalue weighted by Gasteiger charge is 2.12. The Kier molecular flexibility index (Phi) is 6.48. The van der Waals surface area contributed by atoms with Crippen LogP contribution in [0.3, 0.4) is 0 Å². The highest BCUT2D eigenvalue weighted by Crippen LogP contribution is 2.11. The zero-order valence-corrected chi connectivity index (χ0v) is 12.4. The summed E-state index contributed by atoms with van der Waals surface area (Å²) >= 11 is 1.71. The molecule has 1 unspecified atom stereocenters. The molecule has 1 atom stereocenters. The van der Waals surface area contributed by atoms with Crippen LogP contribution in [-0.4, -0.2) is 30.5 Å². The molecule has 19 heavy (non-hydrogen) atoms. The van der Waals surface area contributed by atoms with Gasteiger partial charge in [-0.3, -0.25) is 4.79 Å². The maximum Gasteiger partial charge on any atom is 0.251 e. The summed E-state index contributed by atoms with van der Waals surface area (Å²) < 4.78 is 0. The zero-order chi connectivity index (χ0) is 14.3. The highest BCUT2D eigenvalue weighted by molar-refractivity contribution is 7.98. The number of hydrogen-bond donors (Lipinski definition) is 2. The number of hydrogen-bond acceptors (Lipinski definition) is 3. The van der Waals surface area contributed by atoms with Crippen LogP contribution in [0, 0.1) is 18.8 Å². The zero-order valence-electron chi connectivity index (χ0n) is 11.6. The standard InChI is InChI=1S/C15H20N2OS/c1-11-6-7-13(5-4-8-16)9-14(11)15(18)17-12(2)10-19-3/h6-7,9,12H,8,10,16H2,1-3H3,(H,17,18). The second kappa shape index (κ2) is 7.88. The lowest BCUT2D eigenvalue weighted by atomic mass is 10.0. The summed E-state index contributed by atoms with van der Waals surface area (Å²) in [6, 6.07) is 5.79. The molecule has 0 aliphatic rings. The Labute approximate surface area is 119 Å². The fourth-order valence-corrected chi connectivity index (χ4v) is 2.27. The van der Waals surface area contributed by atoms with Gasteiger partial charge in [-0.15, -0.1) is 0 Å². The van der Waals surface area contributed by atoms with Gasteiger partial charge in [0.2, 0.25) is 0 Å². The van der Waals surface area contributed by atoms with Gasteiger partial charge in [-0.2, -0.15) is 11.8 Å². The van der Waals surface area contributed by atoms with Crippen LogP contribution in [-0.2, 0) is 0 Å². The average Bonchev–Trinajstić information content (AvgIpc) is 2.37. The van der Waals surface area contributed by atoms with Gasteiger partial charge in [-0.1, -0.05) is 17.9 Å². The Hall–Kier alpha value is -1.44. The molecular weight excluding hydrogens is 256 g/mol. The van der Waals surface area contributed by atoms with Crippen molar-refractivity contribution in [2.24, 2.45) is 5.73 Å². The maximum atomic E-state index is 12.2. The predicted octanol–water partition coefficient (Wildman–Crippen LogP) is 1.79. The second-order valence-electron chi connectivity index (χ2n) is 4.37. The number of thioether (sulfide) groups is 1. The van der Waals surface area contributed by atoms with Crippen LogP contribution in [0.25, 0.3) is 0 Å². The van der Waals surface area contributed by atoms with Gasteiger partial charge >= 0.3 is 0 Å². The van der Waals surface area contributed by atoms with E-state index in [0.29, 0.717) is 12.1 Å². The van der Waals surface area contributed by atoms with Gasteiger partial charge in [-0.25, -0.2) is 0 Å². The van der Waals surface area contributed by atoms with Gasteiger partial charge in [0.05, 0.1) is 6.54 Å². The minimum absolute atomic E-state index is 0.0459. The van der Waals surface area contributed by atoms with Crippen molar-refractivity contribution >= 4 is 17.7 Å². The van der Waals surface area contributed by atoms with Crippen molar-refractivity contribution in [2.75, 3.05) is 18.6 Å². The van der Waals surface area contributed by atoms with Crippen LogP contribution < -0.4 is 11.1 Å². The Morgan fingerprint density at radius 2 is 2.26 bits per heavy atom. The van der Waals surface area contributed by atoms with E-state index in [4.69, 9.17) is 5.73 Å². The molecule has 0 heterocycles. The summed E-state index contributed by atoms with van der Waals surface area (Å²) in [5, 5.41) is 2.99. The van der Waals surface area contributed by atoms with Crippen LogP contribution in [0.1, 0.15) is 28.4 Å². The molecule has 0 saturated heterocycles. The summed E-state index contributed by atoms with van der Waals surface area (Å²) in [7, 11) is 0. The van der Waals surface area contributed by atoms with Crippen molar-refractivity contribution in [3.8, 4) is 11.8 Å². The van der Waals surface area contributed by atoms with Crippen molar-refractivity contribution < 1.29 is 4.79 Å². The topological polar surface area (TPSA) is 55.1 Å². The van der Waals surface area contributed by atoms with Gasteiger partial charge < -0.3 is 11.1 Å². The van der Waals surface area contributed by atoms with Gasteiger partial charge in [0.15, 0.2) is 0 Å². The van der Waals surface area contributed by atoms with E-state index in [0.717, 1.165) is 16.9 Å². The Morgan fingerprint density at radius 1 is 1.53 bits per heavy atom. The molecule has 0 aromatic heterocycles. The first kappa shape index (κ1) is 15.6. The number of carbonyl (C=O) groups excluding carboxylic acids is 1. The van der Waals surface area contributed by atoms with Crippen LogP contribution in [0.4, 0.5) is 0 Å². The summed E-state index contributed by atoms with van der Waals surface area (Å²) in [6.45, 7) is 4.25. The molecule has 0 fully saturated rings. The first-order valence-electron chi connectivity index (χ1n) is 6.18. The van der Waals surface area contributed by atoms with Crippen LogP contribution in [0.5, 0.6) is 0 Å². The molecule has 0 aliphatic carbocycles.